The van der Waals surface area contributed by atoms with Crippen molar-refractivity contribution in [2.45, 2.75) is 34.2 Å². The van der Waals surface area contributed by atoms with Gasteiger partial charge in [0.2, 0.25) is 0 Å². The molecule has 0 bridgehead atoms. The van der Waals surface area contributed by atoms with E-state index in [2.05, 4.69) is 58.9 Å². The van der Waals surface area contributed by atoms with Gasteiger partial charge in [-0.25, -0.2) is 0 Å². The first-order valence-corrected chi connectivity index (χ1v) is 9.15. The maximum atomic E-state index is 5.37. The van der Waals surface area contributed by atoms with Crippen LogP contribution in [0.3, 0.4) is 0 Å². The Kier molecular flexibility index (Phi) is 4.40. The Bertz CT molecular complexity index is 1110. The lowest BCUT2D eigenvalue weighted by Crippen LogP contribution is -2.05. The third kappa shape index (κ3) is 3.08. The summed E-state index contributed by atoms with van der Waals surface area (Å²) in [5.41, 5.74) is 7.89. The molecule has 0 fully saturated rings. The number of benzene rings is 1. The molecule has 4 nitrogen and oxygen atoms in total. The lowest BCUT2D eigenvalue weighted by atomic mass is 10.1. The van der Waals surface area contributed by atoms with Gasteiger partial charge >= 0.3 is 0 Å². The molecule has 0 spiro atoms. The van der Waals surface area contributed by atoms with E-state index in [0.717, 1.165) is 40.3 Å². The van der Waals surface area contributed by atoms with E-state index in [0.29, 0.717) is 0 Å². The second kappa shape index (κ2) is 6.88. The first-order valence-electron chi connectivity index (χ1n) is 9.15. The first-order chi connectivity index (χ1) is 13.1. The van der Waals surface area contributed by atoms with Gasteiger partial charge in [0.05, 0.1) is 23.4 Å². The molecule has 0 saturated carbocycles. The van der Waals surface area contributed by atoms with Crippen molar-refractivity contribution in [1.82, 2.24) is 14.7 Å². The fourth-order valence-corrected chi connectivity index (χ4v) is 3.57. The quantitative estimate of drug-likeness (QED) is 0.486. The summed E-state index contributed by atoms with van der Waals surface area (Å²) in [5, 5.41) is 5.35. The van der Waals surface area contributed by atoms with Crippen molar-refractivity contribution in [2.24, 2.45) is 0 Å². The van der Waals surface area contributed by atoms with Gasteiger partial charge in [0.1, 0.15) is 5.76 Å². The van der Waals surface area contributed by atoms with E-state index >= 15 is 0 Å². The zero-order valence-electron chi connectivity index (χ0n) is 16.2. The van der Waals surface area contributed by atoms with E-state index in [1.54, 1.807) is 0 Å². The van der Waals surface area contributed by atoms with Gasteiger partial charge in [0, 0.05) is 22.8 Å². The van der Waals surface area contributed by atoms with E-state index in [1.165, 1.54) is 16.6 Å². The lowest BCUT2D eigenvalue weighted by molar-refractivity contribution is 0.392. The molecule has 0 N–H and O–H groups in total. The van der Waals surface area contributed by atoms with E-state index in [4.69, 9.17) is 4.52 Å². The van der Waals surface area contributed by atoms with Crippen LogP contribution in [0.4, 0.5) is 0 Å². The van der Waals surface area contributed by atoms with Crippen molar-refractivity contribution in [3.63, 3.8) is 0 Å². The third-order valence-corrected chi connectivity index (χ3v) is 5.30. The Labute approximate surface area is 159 Å². The summed E-state index contributed by atoms with van der Waals surface area (Å²) in [4.78, 5) is 4.66. The normalized spacial score (nSPS) is 11.7. The summed E-state index contributed by atoms with van der Waals surface area (Å²) < 4.78 is 7.70. The average molecular weight is 357 g/mol. The summed E-state index contributed by atoms with van der Waals surface area (Å²) in [6, 6.07) is 12.4. The van der Waals surface area contributed by atoms with E-state index in [1.807, 2.05) is 38.2 Å². The van der Waals surface area contributed by atoms with Crippen LogP contribution in [0.5, 0.6) is 0 Å². The highest BCUT2D eigenvalue weighted by atomic mass is 16.5. The first kappa shape index (κ1) is 17.3. The highest BCUT2D eigenvalue weighted by Gasteiger charge is 2.17. The maximum absolute atomic E-state index is 5.37. The van der Waals surface area contributed by atoms with E-state index in [9.17, 15) is 0 Å². The molecule has 27 heavy (non-hydrogen) atoms. The van der Waals surface area contributed by atoms with Crippen molar-refractivity contribution < 1.29 is 4.52 Å². The molecule has 0 amide bonds. The van der Waals surface area contributed by atoms with Crippen LogP contribution < -0.4 is 0 Å². The number of nitrogens with zero attached hydrogens (tertiary/aromatic N) is 3. The molecule has 0 aliphatic carbocycles. The zero-order chi connectivity index (χ0) is 19.0. The van der Waals surface area contributed by atoms with Gasteiger partial charge in [0.25, 0.3) is 0 Å². The Balaban J connectivity index is 1.86. The molecule has 0 aliphatic rings. The molecule has 3 aromatic heterocycles. The van der Waals surface area contributed by atoms with Gasteiger partial charge in [-0.2, -0.15) is 0 Å². The molecule has 136 valence electrons. The van der Waals surface area contributed by atoms with Crippen molar-refractivity contribution in [2.75, 3.05) is 0 Å². The Hall–Kier alpha value is -3.14. The molecule has 0 unspecified atom stereocenters. The number of aryl methyl sites for hydroxylation is 3. The number of aromatic nitrogens is 3. The molecule has 4 heteroatoms. The van der Waals surface area contributed by atoms with Crippen LogP contribution in [-0.2, 0) is 6.54 Å². The van der Waals surface area contributed by atoms with Crippen LogP contribution in [-0.4, -0.2) is 14.7 Å². The van der Waals surface area contributed by atoms with Crippen LogP contribution in [0.1, 0.15) is 39.5 Å². The Morgan fingerprint density at radius 2 is 1.78 bits per heavy atom. The van der Waals surface area contributed by atoms with Gasteiger partial charge in [-0.05, 0) is 51.0 Å². The van der Waals surface area contributed by atoms with E-state index < -0.39 is 0 Å². The van der Waals surface area contributed by atoms with Gasteiger partial charge < -0.3 is 9.09 Å². The molecule has 4 rings (SSSR count). The largest absolute Gasteiger partial charge is 0.361 e. The summed E-state index contributed by atoms with van der Waals surface area (Å²) in [6.45, 7) is 9.03. The standard InChI is InChI=1S/C23H23N3O/c1-15-17(3)26(14-21-16(2)25-27-18(21)4)23-20(15)12-13-24-22(23)11-10-19-8-6-5-7-9-19/h5-13H,14H2,1-4H3. The Morgan fingerprint density at radius 1 is 1.00 bits per heavy atom. The Morgan fingerprint density at radius 3 is 2.48 bits per heavy atom. The van der Waals surface area contributed by atoms with Crippen LogP contribution in [0.15, 0.2) is 47.1 Å². The number of fused-ring (bicyclic) bond motifs is 1. The topological polar surface area (TPSA) is 43.9 Å². The predicted octanol–water partition coefficient (Wildman–Crippen LogP) is 5.48. The van der Waals surface area contributed by atoms with E-state index in [-0.39, 0.29) is 0 Å². The second-order valence-electron chi connectivity index (χ2n) is 6.94. The van der Waals surface area contributed by atoms with Crippen molar-refractivity contribution in [1.29, 1.82) is 0 Å². The minimum Gasteiger partial charge on any atom is -0.361 e. The fourth-order valence-electron chi connectivity index (χ4n) is 3.57. The van der Waals surface area contributed by atoms with Crippen LogP contribution in [0, 0.1) is 27.7 Å². The molecule has 0 aliphatic heterocycles. The highest BCUT2D eigenvalue weighted by molar-refractivity contribution is 5.92. The van der Waals surface area contributed by atoms with Crippen molar-refractivity contribution >= 4 is 23.1 Å². The number of hydrogen-bond acceptors (Lipinski definition) is 3. The smallest absolute Gasteiger partial charge is 0.138 e. The summed E-state index contributed by atoms with van der Waals surface area (Å²) in [6.07, 6.45) is 6.10. The minimum atomic E-state index is 0.731. The van der Waals surface area contributed by atoms with Crippen LogP contribution in [0.25, 0.3) is 23.1 Å². The molecule has 0 saturated heterocycles. The average Bonchev–Trinajstić information content (AvgIpc) is 3.13. The molecule has 4 aromatic rings. The van der Waals surface area contributed by atoms with Gasteiger partial charge in [-0.1, -0.05) is 41.6 Å². The molecule has 0 atom stereocenters. The number of hydrogen-bond donors (Lipinski definition) is 0. The number of pyridine rings is 1. The minimum absolute atomic E-state index is 0.731. The maximum Gasteiger partial charge on any atom is 0.138 e. The van der Waals surface area contributed by atoms with Crippen molar-refractivity contribution in [3.8, 4) is 0 Å². The molecule has 3 heterocycles. The van der Waals surface area contributed by atoms with Crippen LogP contribution >= 0.6 is 0 Å². The predicted molar refractivity (Wildman–Crippen MR) is 110 cm³/mol. The van der Waals surface area contributed by atoms with Gasteiger partial charge in [0.15, 0.2) is 0 Å². The summed E-state index contributed by atoms with van der Waals surface area (Å²) in [5.74, 6) is 0.872. The van der Waals surface area contributed by atoms with Gasteiger partial charge in [-0.3, -0.25) is 4.98 Å². The second-order valence-corrected chi connectivity index (χ2v) is 6.94. The van der Waals surface area contributed by atoms with Crippen molar-refractivity contribution in [3.05, 3.63) is 82.1 Å². The molecule has 1 aromatic carbocycles. The fraction of sp³-hybridized carbons (Fsp3) is 0.217. The number of rotatable bonds is 4. The zero-order valence-corrected chi connectivity index (χ0v) is 16.2. The molecular weight excluding hydrogens is 334 g/mol. The highest BCUT2D eigenvalue weighted by Crippen LogP contribution is 2.29. The lowest BCUT2D eigenvalue weighted by Gasteiger charge is -2.10. The summed E-state index contributed by atoms with van der Waals surface area (Å²) in [7, 11) is 0. The van der Waals surface area contributed by atoms with Gasteiger partial charge in [-0.15, -0.1) is 0 Å². The monoisotopic (exact) mass is 357 g/mol. The molecular formula is C23H23N3O. The third-order valence-electron chi connectivity index (χ3n) is 5.30. The SMILES string of the molecule is Cc1noc(C)c1Cn1c(C)c(C)c2ccnc(C=Cc3ccccc3)c21. The molecule has 0 radical (unpaired) electrons. The summed E-state index contributed by atoms with van der Waals surface area (Å²) >= 11 is 0. The van der Waals surface area contributed by atoms with Crippen LogP contribution in [0.2, 0.25) is 0 Å².